The fraction of sp³-hybridized carbons (Fsp3) is 0.857. The molecule has 0 N–H and O–H groups in total. The van der Waals surface area contributed by atoms with Crippen molar-refractivity contribution >= 4 is 22.9 Å². The molecule has 0 aliphatic heterocycles. The second-order valence-corrected chi connectivity index (χ2v) is 3.62. The summed E-state index contributed by atoms with van der Waals surface area (Å²) >= 11 is 2.00. The van der Waals surface area contributed by atoms with Crippen molar-refractivity contribution in [1.82, 2.24) is 18.4 Å². The van der Waals surface area contributed by atoms with Gasteiger partial charge < -0.3 is 0 Å². The molecule has 5 heteroatoms. The minimum Gasteiger partial charge on any atom is -0.127 e. The maximum atomic E-state index is 4.09. The van der Waals surface area contributed by atoms with E-state index in [4.69, 9.17) is 0 Å². The number of aromatic nitrogens is 4. The first-order valence-electron chi connectivity index (χ1n) is 4.28. The average molecular weight is 280 g/mol. The maximum Gasteiger partial charge on any atom is 0.175 e. The van der Waals surface area contributed by atoms with Crippen LogP contribution in [0, 0.1) is 0 Å². The quantitative estimate of drug-likeness (QED) is 0.612. The molecule has 0 radical (unpaired) electrons. The number of tetrazole rings is 1. The minimum atomic E-state index is 0.862. The summed E-state index contributed by atoms with van der Waals surface area (Å²) in [4.78, 5) is 0. The van der Waals surface area contributed by atoms with Gasteiger partial charge in [-0.15, -0.1) is 13.2 Å². The van der Waals surface area contributed by atoms with E-state index in [-0.39, 0.29) is 0 Å². The van der Waals surface area contributed by atoms with Crippen LogP contribution in [0.15, 0.2) is 0 Å². The highest BCUT2D eigenvalue weighted by Crippen LogP contribution is 2.03. The van der Waals surface area contributed by atoms with E-state index in [1.165, 1.54) is 28.7 Å². The SMILES string of the molecule is CCCCCCc1nnn(I)n1. The van der Waals surface area contributed by atoms with Crippen LogP contribution in [-0.4, -0.2) is 18.4 Å². The van der Waals surface area contributed by atoms with Gasteiger partial charge in [-0.25, -0.2) is 0 Å². The summed E-state index contributed by atoms with van der Waals surface area (Å²) in [6.45, 7) is 2.21. The Bertz CT molecular complexity index is 223. The first-order chi connectivity index (χ1) is 5.83. The van der Waals surface area contributed by atoms with E-state index in [1.54, 1.807) is 0 Å². The van der Waals surface area contributed by atoms with Crippen molar-refractivity contribution in [3.63, 3.8) is 0 Å². The van der Waals surface area contributed by atoms with Crippen molar-refractivity contribution < 1.29 is 0 Å². The van der Waals surface area contributed by atoms with Gasteiger partial charge in [-0.3, -0.25) is 0 Å². The van der Waals surface area contributed by atoms with Gasteiger partial charge in [-0.05, 0) is 11.6 Å². The van der Waals surface area contributed by atoms with Crippen molar-refractivity contribution in [2.24, 2.45) is 0 Å². The molecule has 0 atom stereocenters. The van der Waals surface area contributed by atoms with Gasteiger partial charge in [0.15, 0.2) is 5.82 Å². The highest BCUT2D eigenvalue weighted by molar-refractivity contribution is 14.1. The highest BCUT2D eigenvalue weighted by Gasteiger charge is 1.99. The lowest BCUT2D eigenvalue weighted by Gasteiger charge is -1.93. The van der Waals surface area contributed by atoms with Crippen LogP contribution in [0.1, 0.15) is 38.4 Å². The van der Waals surface area contributed by atoms with Gasteiger partial charge in [0.1, 0.15) is 22.9 Å². The van der Waals surface area contributed by atoms with Crippen molar-refractivity contribution in [2.75, 3.05) is 0 Å². The van der Waals surface area contributed by atoms with E-state index in [9.17, 15) is 0 Å². The van der Waals surface area contributed by atoms with Crippen LogP contribution in [0.3, 0.4) is 0 Å². The van der Waals surface area contributed by atoms with E-state index in [0.29, 0.717) is 0 Å². The molecule has 0 saturated carbocycles. The number of unbranched alkanes of at least 4 members (excludes halogenated alkanes) is 3. The van der Waals surface area contributed by atoms with Crippen LogP contribution in [0.5, 0.6) is 0 Å². The smallest absolute Gasteiger partial charge is 0.127 e. The Balaban J connectivity index is 2.15. The molecule has 0 aliphatic carbocycles. The minimum absolute atomic E-state index is 0.862. The van der Waals surface area contributed by atoms with Gasteiger partial charge in [0.25, 0.3) is 0 Å². The van der Waals surface area contributed by atoms with E-state index >= 15 is 0 Å². The van der Waals surface area contributed by atoms with Crippen LogP contribution in [0.25, 0.3) is 0 Å². The molecular weight excluding hydrogens is 267 g/mol. The first-order valence-corrected chi connectivity index (χ1v) is 5.24. The number of rotatable bonds is 5. The molecule has 0 aromatic carbocycles. The Hall–Kier alpha value is -0.200. The first kappa shape index (κ1) is 9.88. The van der Waals surface area contributed by atoms with Crippen molar-refractivity contribution in [1.29, 1.82) is 0 Å². The van der Waals surface area contributed by atoms with Crippen LogP contribution in [0.2, 0.25) is 0 Å². The number of aryl methyl sites for hydroxylation is 1. The molecule has 0 bridgehead atoms. The van der Waals surface area contributed by atoms with Gasteiger partial charge in [0.05, 0.1) is 0 Å². The molecule has 1 aromatic rings. The largest absolute Gasteiger partial charge is 0.175 e. The van der Waals surface area contributed by atoms with Crippen molar-refractivity contribution in [3.05, 3.63) is 5.82 Å². The summed E-state index contributed by atoms with van der Waals surface area (Å²) < 4.78 is 1.48. The molecule has 12 heavy (non-hydrogen) atoms. The third-order valence-corrected chi connectivity index (χ3v) is 2.09. The molecule has 68 valence electrons. The zero-order valence-corrected chi connectivity index (χ0v) is 9.36. The van der Waals surface area contributed by atoms with Gasteiger partial charge in [-0.1, -0.05) is 26.2 Å². The molecule has 1 heterocycles. The normalized spacial score (nSPS) is 10.5. The second-order valence-electron chi connectivity index (χ2n) is 2.76. The van der Waals surface area contributed by atoms with Crippen molar-refractivity contribution in [3.8, 4) is 0 Å². The zero-order chi connectivity index (χ0) is 8.81. The molecule has 0 spiro atoms. The van der Waals surface area contributed by atoms with Crippen LogP contribution >= 0.6 is 22.9 Å². The van der Waals surface area contributed by atoms with Crippen LogP contribution in [0.4, 0.5) is 0 Å². The Labute approximate surface area is 86.2 Å². The highest BCUT2D eigenvalue weighted by atomic mass is 127. The zero-order valence-electron chi connectivity index (χ0n) is 7.20. The number of nitrogens with zero attached hydrogens (tertiary/aromatic N) is 4. The predicted molar refractivity (Wildman–Crippen MR) is 55.1 cm³/mol. The molecule has 1 rings (SSSR count). The number of hydrogen-bond acceptors (Lipinski definition) is 3. The summed E-state index contributed by atoms with van der Waals surface area (Å²) in [5.41, 5.74) is 0. The van der Waals surface area contributed by atoms with Gasteiger partial charge in [0.2, 0.25) is 0 Å². The maximum absolute atomic E-state index is 4.09. The lowest BCUT2D eigenvalue weighted by molar-refractivity contribution is 0.652. The number of hydrogen-bond donors (Lipinski definition) is 0. The Morgan fingerprint density at radius 1 is 1.33 bits per heavy atom. The fourth-order valence-corrected chi connectivity index (χ4v) is 1.38. The molecular formula is C7H13IN4. The third-order valence-electron chi connectivity index (χ3n) is 1.69. The fourth-order valence-electron chi connectivity index (χ4n) is 1.03. The third kappa shape index (κ3) is 3.46. The summed E-state index contributed by atoms with van der Waals surface area (Å²) in [6.07, 6.45) is 5.98. The van der Waals surface area contributed by atoms with E-state index in [0.717, 1.165) is 12.2 Å². The summed E-state index contributed by atoms with van der Waals surface area (Å²) in [5.74, 6) is 0.862. The Morgan fingerprint density at radius 2 is 2.17 bits per heavy atom. The summed E-state index contributed by atoms with van der Waals surface area (Å²) in [5, 5.41) is 11.8. The monoisotopic (exact) mass is 280 g/mol. The molecule has 4 nitrogen and oxygen atoms in total. The molecule has 0 saturated heterocycles. The van der Waals surface area contributed by atoms with Gasteiger partial charge in [-0.2, -0.15) is 0 Å². The lowest BCUT2D eigenvalue weighted by atomic mass is 10.1. The lowest BCUT2D eigenvalue weighted by Crippen LogP contribution is -1.89. The van der Waals surface area contributed by atoms with Crippen molar-refractivity contribution in [2.45, 2.75) is 39.0 Å². The Morgan fingerprint density at radius 3 is 2.75 bits per heavy atom. The predicted octanol–water partition coefficient (Wildman–Crippen LogP) is 1.99. The van der Waals surface area contributed by atoms with E-state index in [1.807, 2.05) is 22.9 Å². The summed E-state index contributed by atoms with van der Waals surface area (Å²) in [6, 6.07) is 0. The molecule has 0 aliphatic rings. The second kappa shape index (κ2) is 5.45. The average Bonchev–Trinajstić information content (AvgIpc) is 2.45. The van der Waals surface area contributed by atoms with Gasteiger partial charge in [0, 0.05) is 6.42 Å². The molecule has 1 aromatic heterocycles. The number of halogens is 1. The molecule has 0 amide bonds. The summed E-state index contributed by atoms with van der Waals surface area (Å²) in [7, 11) is 0. The van der Waals surface area contributed by atoms with E-state index < -0.39 is 0 Å². The molecule has 0 fully saturated rings. The van der Waals surface area contributed by atoms with Gasteiger partial charge >= 0.3 is 0 Å². The van der Waals surface area contributed by atoms with Crippen LogP contribution < -0.4 is 0 Å². The topological polar surface area (TPSA) is 43.6 Å². The van der Waals surface area contributed by atoms with Crippen LogP contribution in [-0.2, 0) is 6.42 Å². The van der Waals surface area contributed by atoms with E-state index in [2.05, 4.69) is 22.3 Å². The standard InChI is InChI=1S/C7H13IN4/c1-2-3-4-5-6-7-9-11-12(8)10-7/h2-6H2,1H3. The Kier molecular flexibility index (Phi) is 4.49. The molecule has 0 unspecified atom stereocenters.